The first-order chi connectivity index (χ1) is 14.4. The number of Topliss-reactive ketones (excluding diaryl/α,β-unsaturated/α-hetero) is 1. The van der Waals surface area contributed by atoms with E-state index in [1.54, 1.807) is 0 Å². The van der Waals surface area contributed by atoms with E-state index < -0.39 is 5.91 Å². The molecule has 30 heavy (non-hydrogen) atoms. The van der Waals surface area contributed by atoms with Crippen LogP contribution in [-0.2, 0) is 9.59 Å². The van der Waals surface area contributed by atoms with Crippen molar-refractivity contribution in [2.45, 2.75) is 39.5 Å². The molecule has 5 nitrogen and oxygen atoms in total. The van der Waals surface area contributed by atoms with Crippen LogP contribution in [0.4, 0.5) is 11.4 Å². The number of para-hydroxylation sites is 2. The minimum absolute atomic E-state index is 0.162. The van der Waals surface area contributed by atoms with E-state index >= 15 is 0 Å². The summed E-state index contributed by atoms with van der Waals surface area (Å²) in [5.74, 6) is -0.368. The Kier molecular flexibility index (Phi) is 7.27. The van der Waals surface area contributed by atoms with Gasteiger partial charge >= 0.3 is 0 Å². The van der Waals surface area contributed by atoms with E-state index in [9.17, 15) is 9.59 Å². The molecule has 1 heterocycles. The Morgan fingerprint density at radius 3 is 1.93 bits per heavy atom. The highest BCUT2D eigenvalue weighted by molar-refractivity contribution is 6.41. The summed E-state index contributed by atoms with van der Waals surface area (Å²) in [6.07, 6.45) is 0. The maximum absolute atomic E-state index is 12.7. The van der Waals surface area contributed by atoms with E-state index in [0.29, 0.717) is 0 Å². The molecular weight excluding hydrogens is 374 g/mol. The number of rotatable bonds is 7. The zero-order valence-corrected chi connectivity index (χ0v) is 18.5. The normalized spacial score (nSPS) is 14.9. The van der Waals surface area contributed by atoms with Gasteiger partial charge in [-0.2, -0.15) is 0 Å². The molecule has 160 valence electrons. The largest absolute Gasteiger partial charge is 0.369 e. The number of piperazine rings is 1. The minimum Gasteiger partial charge on any atom is -0.369 e. The zero-order chi connectivity index (χ0) is 21.7. The van der Waals surface area contributed by atoms with E-state index in [-0.39, 0.29) is 24.2 Å². The second-order valence-corrected chi connectivity index (χ2v) is 8.60. The summed E-state index contributed by atoms with van der Waals surface area (Å²) in [4.78, 5) is 29.8. The molecule has 1 fully saturated rings. The van der Waals surface area contributed by atoms with Crippen molar-refractivity contribution < 1.29 is 9.59 Å². The average Bonchev–Trinajstić information content (AvgIpc) is 2.74. The third kappa shape index (κ3) is 5.28. The van der Waals surface area contributed by atoms with Gasteiger partial charge in [-0.25, -0.2) is 0 Å². The van der Waals surface area contributed by atoms with Crippen LogP contribution in [0.15, 0.2) is 48.5 Å². The zero-order valence-electron chi connectivity index (χ0n) is 18.5. The van der Waals surface area contributed by atoms with Crippen LogP contribution in [0.25, 0.3) is 0 Å². The van der Waals surface area contributed by atoms with Gasteiger partial charge < -0.3 is 10.2 Å². The highest BCUT2D eigenvalue weighted by Gasteiger charge is 2.24. The van der Waals surface area contributed by atoms with Crippen LogP contribution in [0.3, 0.4) is 0 Å². The lowest BCUT2D eigenvalue weighted by Gasteiger charge is -2.35. The second-order valence-electron chi connectivity index (χ2n) is 8.60. The van der Waals surface area contributed by atoms with E-state index in [0.717, 1.165) is 43.0 Å². The number of benzene rings is 2. The molecule has 0 bridgehead atoms. The number of carbonyl (C=O) groups excluding carboxylic acids is 2. The van der Waals surface area contributed by atoms with Crippen LogP contribution in [0.1, 0.15) is 50.7 Å². The number of hydrogen-bond acceptors (Lipinski definition) is 4. The number of amides is 1. The van der Waals surface area contributed by atoms with E-state index in [1.165, 1.54) is 5.69 Å². The van der Waals surface area contributed by atoms with Crippen molar-refractivity contribution in [3.05, 3.63) is 59.7 Å². The predicted molar refractivity (Wildman–Crippen MR) is 123 cm³/mol. The predicted octanol–water partition coefficient (Wildman–Crippen LogP) is 4.26. The van der Waals surface area contributed by atoms with Gasteiger partial charge in [0.1, 0.15) is 0 Å². The molecule has 0 aliphatic carbocycles. The highest BCUT2D eigenvalue weighted by Crippen LogP contribution is 2.32. The number of nitrogens with zero attached hydrogens (tertiary/aromatic N) is 2. The van der Waals surface area contributed by atoms with Crippen molar-refractivity contribution in [1.82, 2.24) is 4.90 Å². The van der Waals surface area contributed by atoms with Gasteiger partial charge in [0.2, 0.25) is 5.78 Å². The van der Waals surface area contributed by atoms with Gasteiger partial charge in [0.05, 0.1) is 6.54 Å². The number of nitrogens with one attached hydrogen (secondary N) is 1. The van der Waals surface area contributed by atoms with Crippen LogP contribution in [-0.4, -0.2) is 49.3 Å². The Bertz CT molecular complexity index is 843. The monoisotopic (exact) mass is 407 g/mol. The summed E-state index contributed by atoms with van der Waals surface area (Å²) in [5, 5.41) is 2.94. The van der Waals surface area contributed by atoms with Crippen molar-refractivity contribution in [3.8, 4) is 0 Å². The lowest BCUT2D eigenvalue weighted by atomic mass is 9.92. The van der Waals surface area contributed by atoms with Crippen LogP contribution in [0.2, 0.25) is 0 Å². The Labute approximate surface area is 180 Å². The number of anilines is 2. The molecule has 1 aliphatic heterocycles. The summed E-state index contributed by atoms with van der Waals surface area (Å²) < 4.78 is 0. The SMILES string of the molecule is CC(C)c1cccc(C(C)C)c1NC(=O)C(=O)CN1CCN(c2ccccc2)CC1. The van der Waals surface area contributed by atoms with Crippen molar-refractivity contribution in [2.75, 3.05) is 42.9 Å². The molecule has 0 atom stereocenters. The molecule has 1 N–H and O–H groups in total. The van der Waals surface area contributed by atoms with Crippen LogP contribution >= 0.6 is 0 Å². The summed E-state index contributed by atoms with van der Waals surface area (Å²) in [5.41, 5.74) is 4.14. The molecular formula is C25H33N3O2. The fraction of sp³-hybridized carbons (Fsp3) is 0.440. The van der Waals surface area contributed by atoms with E-state index in [4.69, 9.17) is 0 Å². The van der Waals surface area contributed by atoms with Gasteiger partial charge in [0.25, 0.3) is 5.91 Å². The molecule has 0 radical (unpaired) electrons. The fourth-order valence-corrected chi connectivity index (χ4v) is 3.96. The molecule has 3 rings (SSSR count). The van der Waals surface area contributed by atoms with Crippen molar-refractivity contribution in [2.24, 2.45) is 0 Å². The smallest absolute Gasteiger partial charge is 0.293 e. The molecule has 0 saturated carbocycles. The van der Waals surface area contributed by atoms with Crippen LogP contribution in [0.5, 0.6) is 0 Å². The van der Waals surface area contributed by atoms with Gasteiger partial charge in [0.15, 0.2) is 0 Å². The lowest BCUT2D eigenvalue weighted by molar-refractivity contribution is -0.135. The molecule has 2 aromatic carbocycles. The van der Waals surface area contributed by atoms with Gasteiger partial charge in [-0.15, -0.1) is 0 Å². The third-order valence-corrected chi connectivity index (χ3v) is 5.73. The minimum atomic E-state index is -0.518. The molecule has 0 unspecified atom stereocenters. The summed E-state index contributed by atoms with van der Waals surface area (Å²) in [7, 11) is 0. The van der Waals surface area contributed by atoms with Gasteiger partial charge in [-0.1, -0.05) is 64.1 Å². The summed E-state index contributed by atoms with van der Waals surface area (Å²) in [6, 6.07) is 16.4. The Morgan fingerprint density at radius 1 is 0.833 bits per heavy atom. The first-order valence-corrected chi connectivity index (χ1v) is 10.9. The Balaban J connectivity index is 1.60. The van der Waals surface area contributed by atoms with E-state index in [1.807, 2.05) is 36.4 Å². The highest BCUT2D eigenvalue weighted by atomic mass is 16.2. The maximum Gasteiger partial charge on any atom is 0.293 e. The Morgan fingerprint density at radius 2 is 1.40 bits per heavy atom. The molecule has 0 aromatic heterocycles. The molecule has 2 aromatic rings. The molecule has 5 heteroatoms. The standard InChI is InChI=1S/C25H33N3O2/c1-18(2)21-11-8-12-22(19(3)4)24(21)26-25(30)23(29)17-27-13-15-28(16-14-27)20-9-6-5-7-10-20/h5-12,18-19H,13-17H2,1-4H3,(H,26,30). The topological polar surface area (TPSA) is 52.7 Å². The summed E-state index contributed by atoms with van der Waals surface area (Å²) >= 11 is 0. The molecule has 1 aliphatic rings. The van der Waals surface area contributed by atoms with E-state index in [2.05, 4.69) is 54.9 Å². The number of carbonyl (C=O) groups is 2. The molecule has 1 saturated heterocycles. The first kappa shape index (κ1) is 22.0. The maximum atomic E-state index is 12.7. The van der Waals surface area contributed by atoms with Gasteiger partial charge in [0, 0.05) is 37.6 Å². The number of hydrogen-bond donors (Lipinski definition) is 1. The van der Waals surface area contributed by atoms with Crippen molar-refractivity contribution in [3.63, 3.8) is 0 Å². The first-order valence-electron chi connectivity index (χ1n) is 10.9. The van der Waals surface area contributed by atoms with Crippen molar-refractivity contribution in [1.29, 1.82) is 0 Å². The van der Waals surface area contributed by atoms with Crippen LogP contribution in [0, 0.1) is 0 Å². The van der Waals surface area contributed by atoms with Gasteiger partial charge in [-0.3, -0.25) is 14.5 Å². The molecule has 0 spiro atoms. The summed E-state index contributed by atoms with van der Waals surface area (Å²) in [6.45, 7) is 11.8. The second kappa shape index (κ2) is 9.90. The van der Waals surface area contributed by atoms with Crippen molar-refractivity contribution >= 4 is 23.1 Å². The molecule has 1 amide bonds. The van der Waals surface area contributed by atoms with Gasteiger partial charge in [-0.05, 0) is 35.1 Å². The Hall–Kier alpha value is -2.66. The lowest BCUT2D eigenvalue weighted by Crippen LogP contribution is -2.49. The number of ketones is 1. The average molecular weight is 408 g/mol. The third-order valence-electron chi connectivity index (χ3n) is 5.73. The van der Waals surface area contributed by atoms with Crippen LogP contribution < -0.4 is 10.2 Å². The fourth-order valence-electron chi connectivity index (χ4n) is 3.96. The quantitative estimate of drug-likeness (QED) is 0.697.